The molecule has 0 radical (unpaired) electrons. The number of anilines is 1. The Kier molecular flexibility index (Phi) is 5.32. The van der Waals surface area contributed by atoms with Crippen LogP contribution < -0.4 is 5.32 Å². The van der Waals surface area contributed by atoms with E-state index < -0.39 is 0 Å². The minimum atomic E-state index is 0.143. The molecule has 0 aliphatic heterocycles. The standard InChI is InChI=1S/C20H23N5S/c1-14-5-6-15(2)19(11-14)23-20(26)24(4)16(3)17-7-9-18(10-8-17)25-13-21-12-22-25/h5-13,16H,1-4H3,(H,23,26)/t16-/m1/s1. The fraction of sp³-hybridized carbons (Fsp3) is 0.250. The van der Waals surface area contributed by atoms with Gasteiger partial charge < -0.3 is 10.2 Å². The highest BCUT2D eigenvalue weighted by Crippen LogP contribution is 2.22. The molecule has 1 atom stereocenters. The molecule has 6 heteroatoms. The molecule has 1 heterocycles. The lowest BCUT2D eigenvalue weighted by atomic mass is 10.1. The van der Waals surface area contributed by atoms with E-state index in [0.717, 1.165) is 11.4 Å². The highest BCUT2D eigenvalue weighted by molar-refractivity contribution is 7.80. The summed E-state index contributed by atoms with van der Waals surface area (Å²) in [6.07, 6.45) is 3.22. The third kappa shape index (κ3) is 3.91. The second kappa shape index (κ2) is 7.66. The van der Waals surface area contributed by atoms with Gasteiger partial charge in [-0.15, -0.1) is 0 Å². The Morgan fingerprint density at radius 2 is 1.88 bits per heavy atom. The first kappa shape index (κ1) is 18.1. The molecule has 5 nitrogen and oxygen atoms in total. The molecule has 0 saturated heterocycles. The molecule has 0 unspecified atom stereocenters. The van der Waals surface area contributed by atoms with Crippen LogP contribution in [0.5, 0.6) is 0 Å². The van der Waals surface area contributed by atoms with Gasteiger partial charge in [-0.05, 0) is 67.9 Å². The van der Waals surface area contributed by atoms with E-state index in [2.05, 4.69) is 71.4 Å². The summed E-state index contributed by atoms with van der Waals surface area (Å²) in [5.41, 5.74) is 5.60. The lowest BCUT2D eigenvalue weighted by Gasteiger charge is -2.28. The molecule has 0 spiro atoms. The summed E-state index contributed by atoms with van der Waals surface area (Å²) < 4.78 is 1.74. The van der Waals surface area contributed by atoms with Crippen LogP contribution >= 0.6 is 12.2 Å². The van der Waals surface area contributed by atoms with E-state index in [0.29, 0.717) is 5.11 Å². The number of benzene rings is 2. The number of nitrogens with zero attached hydrogens (tertiary/aromatic N) is 4. The molecule has 134 valence electrons. The smallest absolute Gasteiger partial charge is 0.173 e. The molecule has 0 bridgehead atoms. The van der Waals surface area contributed by atoms with Gasteiger partial charge >= 0.3 is 0 Å². The fourth-order valence-electron chi connectivity index (χ4n) is 2.72. The Hall–Kier alpha value is -2.73. The fourth-order valence-corrected chi connectivity index (χ4v) is 2.99. The number of thiocarbonyl (C=S) groups is 1. The van der Waals surface area contributed by atoms with Crippen LogP contribution in [0.15, 0.2) is 55.1 Å². The van der Waals surface area contributed by atoms with Crippen molar-refractivity contribution < 1.29 is 0 Å². The van der Waals surface area contributed by atoms with Crippen molar-refractivity contribution in [3.05, 3.63) is 71.8 Å². The Morgan fingerprint density at radius 1 is 1.15 bits per heavy atom. The van der Waals surface area contributed by atoms with E-state index in [1.54, 1.807) is 11.0 Å². The molecule has 3 aromatic rings. The lowest BCUT2D eigenvalue weighted by Crippen LogP contribution is -2.33. The van der Waals surface area contributed by atoms with Crippen molar-refractivity contribution in [1.29, 1.82) is 0 Å². The third-order valence-corrected chi connectivity index (χ3v) is 4.98. The Balaban J connectivity index is 1.71. The highest BCUT2D eigenvalue weighted by atomic mass is 32.1. The second-order valence-corrected chi connectivity index (χ2v) is 6.85. The van der Waals surface area contributed by atoms with E-state index in [9.17, 15) is 0 Å². The highest BCUT2D eigenvalue weighted by Gasteiger charge is 2.15. The SMILES string of the molecule is Cc1ccc(C)c(NC(=S)N(C)[C@H](C)c2ccc(-n3cncn3)cc2)c1. The molecular weight excluding hydrogens is 342 g/mol. The van der Waals surface area contributed by atoms with Crippen LogP contribution in [0.3, 0.4) is 0 Å². The number of nitrogens with one attached hydrogen (secondary N) is 1. The summed E-state index contributed by atoms with van der Waals surface area (Å²) in [6.45, 7) is 6.30. The molecule has 0 aliphatic rings. The average Bonchev–Trinajstić information content (AvgIpc) is 3.18. The van der Waals surface area contributed by atoms with Crippen LogP contribution in [-0.4, -0.2) is 31.8 Å². The van der Waals surface area contributed by atoms with Gasteiger partial charge in [-0.2, -0.15) is 5.10 Å². The van der Waals surface area contributed by atoms with E-state index in [1.165, 1.54) is 23.0 Å². The van der Waals surface area contributed by atoms with Gasteiger partial charge in [0.05, 0.1) is 11.7 Å². The van der Waals surface area contributed by atoms with Crippen molar-refractivity contribution in [1.82, 2.24) is 19.7 Å². The van der Waals surface area contributed by atoms with Gasteiger partial charge in [-0.25, -0.2) is 9.67 Å². The quantitative estimate of drug-likeness (QED) is 0.700. The van der Waals surface area contributed by atoms with Crippen molar-refractivity contribution in [2.75, 3.05) is 12.4 Å². The zero-order valence-electron chi connectivity index (χ0n) is 15.5. The Labute approximate surface area is 159 Å². The Morgan fingerprint density at radius 3 is 2.54 bits per heavy atom. The predicted octanol–water partition coefficient (Wildman–Crippen LogP) is 4.27. The van der Waals surface area contributed by atoms with Crippen LogP contribution in [0.25, 0.3) is 5.69 Å². The largest absolute Gasteiger partial charge is 0.345 e. The molecule has 2 aromatic carbocycles. The average molecular weight is 366 g/mol. The van der Waals surface area contributed by atoms with Gasteiger partial charge in [-0.1, -0.05) is 24.3 Å². The maximum atomic E-state index is 5.62. The predicted molar refractivity (Wildman–Crippen MR) is 110 cm³/mol. The summed E-state index contributed by atoms with van der Waals surface area (Å²) >= 11 is 5.62. The molecule has 0 saturated carbocycles. The van der Waals surface area contributed by atoms with Gasteiger partial charge in [0.25, 0.3) is 0 Å². The number of aryl methyl sites for hydroxylation is 2. The van der Waals surface area contributed by atoms with Gasteiger partial charge in [0.2, 0.25) is 0 Å². The molecule has 1 N–H and O–H groups in total. The van der Waals surface area contributed by atoms with E-state index in [4.69, 9.17) is 12.2 Å². The van der Waals surface area contributed by atoms with Gasteiger partial charge in [-0.3, -0.25) is 0 Å². The van der Waals surface area contributed by atoms with Gasteiger partial charge in [0.15, 0.2) is 5.11 Å². The summed E-state index contributed by atoms with van der Waals surface area (Å²) in [7, 11) is 2.01. The monoisotopic (exact) mass is 365 g/mol. The number of aromatic nitrogens is 3. The zero-order chi connectivity index (χ0) is 18.7. The summed E-state index contributed by atoms with van der Waals surface area (Å²) in [4.78, 5) is 6.05. The van der Waals surface area contributed by atoms with Crippen molar-refractivity contribution in [2.45, 2.75) is 26.8 Å². The number of hydrogen-bond acceptors (Lipinski definition) is 3. The first-order valence-corrected chi connectivity index (χ1v) is 8.92. The molecular formula is C20H23N5S. The maximum Gasteiger partial charge on any atom is 0.173 e. The number of hydrogen-bond donors (Lipinski definition) is 1. The van der Waals surface area contributed by atoms with Crippen molar-refractivity contribution in [3.63, 3.8) is 0 Å². The summed E-state index contributed by atoms with van der Waals surface area (Å²) in [6, 6.07) is 14.7. The van der Waals surface area contributed by atoms with Crippen LogP contribution in [0.1, 0.15) is 29.7 Å². The lowest BCUT2D eigenvalue weighted by molar-refractivity contribution is 0.408. The van der Waals surface area contributed by atoms with Crippen molar-refractivity contribution in [3.8, 4) is 5.69 Å². The van der Waals surface area contributed by atoms with E-state index >= 15 is 0 Å². The minimum Gasteiger partial charge on any atom is -0.345 e. The normalized spacial score (nSPS) is 11.8. The van der Waals surface area contributed by atoms with Gasteiger partial charge in [0, 0.05) is 12.7 Å². The van der Waals surface area contributed by atoms with Crippen LogP contribution in [0.2, 0.25) is 0 Å². The maximum absolute atomic E-state index is 5.62. The minimum absolute atomic E-state index is 0.143. The molecule has 26 heavy (non-hydrogen) atoms. The molecule has 0 fully saturated rings. The van der Waals surface area contributed by atoms with Crippen molar-refractivity contribution in [2.24, 2.45) is 0 Å². The first-order chi connectivity index (χ1) is 12.5. The molecule has 0 amide bonds. The van der Waals surface area contributed by atoms with Gasteiger partial charge in [0.1, 0.15) is 12.7 Å². The molecule has 3 rings (SSSR count). The summed E-state index contributed by atoms with van der Waals surface area (Å²) in [5.74, 6) is 0. The topological polar surface area (TPSA) is 46.0 Å². The summed E-state index contributed by atoms with van der Waals surface area (Å²) in [5, 5.41) is 8.22. The number of rotatable bonds is 4. The van der Waals surface area contributed by atoms with E-state index in [1.807, 2.05) is 19.2 Å². The van der Waals surface area contributed by atoms with Crippen LogP contribution in [-0.2, 0) is 0 Å². The molecule has 0 aliphatic carbocycles. The van der Waals surface area contributed by atoms with Crippen LogP contribution in [0, 0.1) is 13.8 Å². The third-order valence-electron chi connectivity index (χ3n) is 4.59. The molecule has 1 aromatic heterocycles. The van der Waals surface area contributed by atoms with Crippen molar-refractivity contribution >= 4 is 23.0 Å². The zero-order valence-corrected chi connectivity index (χ0v) is 16.3. The van der Waals surface area contributed by atoms with E-state index in [-0.39, 0.29) is 6.04 Å². The van der Waals surface area contributed by atoms with Crippen LogP contribution in [0.4, 0.5) is 5.69 Å². The second-order valence-electron chi connectivity index (χ2n) is 6.47. The first-order valence-electron chi connectivity index (χ1n) is 8.51. The Bertz CT molecular complexity index is 887.